The van der Waals surface area contributed by atoms with Crippen LogP contribution in [0, 0.1) is 11.3 Å². The number of aliphatic hydroxyl groups is 1. The monoisotopic (exact) mass is 259 g/mol. The molecule has 1 heterocycles. The topological polar surface area (TPSA) is 57.2 Å². The number of benzene rings is 1. The summed E-state index contributed by atoms with van der Waals surface area (Å²) in [4.78, 5) is 0. The molecule has 4 heteroatoms. The Bertz CT molecular complexity index is 607. The minimum atomic E-state index is -1.10. The number of furan rings is 1. The molecule has 0 radical (unpaired) electrons. The summed E-state index contributed by atoms with van der Waals surface area (Å²) >= 11 is 5.80. The maximum atomic E-state index is 9.76. The van der Waals surface area contributed by atoms with Gasteiger partial charge in [0.2, 0.25) is 0 Å². The van der Waals surface area contributed by atoms with Crippen molar-refractivity contribution in [2.24, 2.45) is 0 Å². The number of halogens is 1. The van der Waals surface area contributed by atoms with Gasteiger partial charge in [0.15, 0.2) is 0 Å². The maximum absolute atomic E-state index is 9.76. The Kier molecular flexibility index (Phi) is 3.52. The molecular formula is C14H10ClNO2. The molecule has 1 aromatic carbocycles. The number of hydrogen-bond acceptors (Lipinski definition) is 3. The Labute approximate surface area is 110 Å². The Balaban J connectivity index is 2.28. The third kappa shape index (κ3) is 2.45. The lowest BCUT2D eigenvalue weighted by molar-refractivity contribution is 0.191. The van der Waals surface area contributed by atoms with Gasteiger partial charge in [-0.1, -0.05) is 18.2 Å². The van der Waals surface area contributed by atoms with Crippen LogP contribution in [-0.2, 0) is 0 Å². The molecule has 1 atom stereocenters. The molecule has 1 aromatic heterocycles. The van der Waals surface area contributed by atoms with E-state index < -0.39 is 6.10 Å². The van der Waals surface area contributed by atoms with Crippen LogP contribution in [-0.4, -0.2) is 5.11 Å². The fourth-order valence-corrected chi connectivity index (χ4v) is 1.63. The summed E-state index contributed by atoms with van der Waals surface area (Å²) in [7, 11) is 0. The molecule has 90 valence electrons. The van der Waals surface area contributed by atoms with Gasteiger partial charge in [-0.25, -0.2) is 0 Å². The van der Waals surface area contributed by atoms with Gasteiger partial charge in [0.25, 0.3) is 0 Å². The zero-order valence-electron chi connectivity index (χ0n) is 9.43. The largest absolute Gasteiger partial charge is 0.458 e. The normalized spacial score (nSPS) is 11.8. The van der Waals surface area contributed by atoms with Crippen molar-refractivity contribution in [3.05, 3.63) is 59.3 Å². The molecule has 0 spiro atoms. The molecule has 0 aliphatic carbocycles. The molecule has 2 aromatic rings. The number of hydrogen-bond donors (Lipinski definition) is 1. The Morgan fingerprint density at radius 2 is 1.94 bits per heavy atom. The van der Waals surface area contributed by atoms with E-state index in [9.17, 15) is 5.11 Å². The second kappa shape index (κ2) is 5.09. The highest BCUT2D eigenvalue weighted by Crippen LogP contribution is 2.28. The van der Waals surface area contributed by atoms with E-state index in [2.05, 4.69) is 6.58 Å². The van der Waals surface area contributed by atoms with Gasteiger partial charge in [0.05, 0.1) is 11.6 Å². The quantitative estimate of drug-likeness (QED) is 0.855. The lowest BCUT2D eigenvalue weighted by Gasteiger charge is -2.04. The van der Waals surface area contributed by atoms with Crippen molar-refractivity contribution in [2.75, 3.05) is 0 Å². The number of aliphatic hydroxyl groups excluding tert-OH is 1. The van der Waals surface area contributed by atoms with E-state index in [4.69, 9.17) is 21.3 Å². The van der Waals surface area contributed by atoms with Crippen molar-refractivity contribution in [1.29, 1.82) is 5.26 Å². The molecule has 2 rings (SSSR count). The van der Waals surface area contributed by atoms with Crippen LogP contribution in [0.3, 0.4) is 0 Å². The lowest BCUT2D eigenvalue weighted by atomic mass is 10.1. The Morgan fingerprint density at radius 3 is 2.56 bits per heavy atom. The molecule has 1 unspecified atom stereocenters. The van der Waals surface area contributed by atoms with Crippen molar-refractivity contribution in [1.82, 2.24) is 0 Å². The highest BCUT2D eigenvalue weighted by molar-refractivity contribution is 6.30. The summed E-state index contributed by atoms with van der Waals surface area (Å²) in [5.74, 6) is 0.901. The van der Waals surface area contributed by atoms with E-state index in [0.717, 1.165) is 5.56 Å². The summed E-state index contributed by atoms with van der Waals surface area (Å²) in [5, 5.41) is 19.1. The highest BCUT2D eigenvalue weighted by Gasteiger charge is 2.16. The fraction of sp³-hybridized carbons (Fsp3) is 0.0714. The van der Waals surface area contributed by atoms with Crippen molar-refractivity contribution in [3.63, 3.8) is 0 Å². The molecule has 18 heavy (non-hydrogen) atoms. The van der Waals surface area contributed by atoms with Gasteiger partial charge in [-0.15, -0.1) is 0 Å². The van der Waals surface area contributed by atoms with E-state index in [1.165, 1.54) is 0 Å². The first kappa shape index (κ1) is 12.4. The Morgan fingerprint density at radius 1 is 1.28 bits per heavy atom. The van der Waals surface area contributed by atoms with Gasteiger partial charge in [-0.2, -0.15) is 5.26 Å². The molecule has 0 fully saturated rings. The van der Waals surface area contributed by atoms with E-state index >= 15 is 0 Å². The number of rotatable bonds is 3. The molecule has 0 aliphatic rings. The minimum absolute atomic E-state index is 0.0482. The maximum Gasteiger partial charge on any atom is 0.146 e. The van der Waals surface area contributed by atoms with Crippen molar-refractivity contribution >= 4 is 11.6 Å². The van der Waals surface area contributed by atoms with Crippen LogP contribution >= 0.6 is 11.6 Å². The fourth-order valence-electron chi connectivity index (χ4n) is 1.50. The van der Waals surface area contributed by atoms with Gasteiger partial charge >= 0.3 is 0 Å². The molecular weight excluding hydrogens is 250 g/mol. The van der Waals surface area contributed by atoms with E-state index in [1.54, 1.807) is 30.3 Å². The number of nitriles is 1. The van der Waals surface area contributed by atoms with E-state index in [1.807, 2.05) is 12.1 Å². The van der Waals surface area contributed by atoms with Crippen LogP contribution in [0.15, 0.2) is 53.0 Å². The van der Waals surface area contributed by atoms with Gasteiger partial charge in [0.1, 0.15) is 17.6 Å². The van der Waals surface area contributed by atoms with Gasteiger partial charge in [-0.3, -0.25) is 0 Å². The second-order valence-corrected chi connectivity index (χ2v) is 4.18. The minimum Gasteiger partial charge on any atom is -0.458 e. The second-order valence-electron chi connectivity index (χ2n) is 3.75. The summed E-state index contributed by atoms with van der Waals surface area (Å²) in [6.45, 7) is 3.45. The zero-order valence-corrected chi connectivity index (χ0v) is 10.2. The first-order valence-electron chi connectivity index (χ1n) is 5.24. The number of nitrogens with zero attached hydrogens (tertiary/aromatic N) is 1. The average molecular weight is 260 g/mol. The predicted molar refractivity (Wildman–Crippen MR) is 68.9 cm³/mol. The lowest BCUT2D eigenvalue weighted by Crippen LogP contribution is -1.96. The third-order valence-electron chi connectivity index (χ3n) is 2.50. The summed E-state index contributed by atoms with van der Waals surface area (Å²) in [6, 6.07) is 12.3. The average Bonchev–Trinajstić information content (AvgIpc) is 2.87. The van der Waals surface area contributed by atoms with Crippen LogP contribution in [0.1, 0.15) is 11.9 Å². The third-order valence-corrected chi connectivity index (χ3v) is 2.75. The smallest absolute Gasteiger partial charge is 0.146 e. The van der Waals surface area contributed by atoms with Crippen LogP contribution < -0.4 is 0 Å². The van der Waals surface area contributed by atoms with Gasteiger partial charge in [0, 0.05) is 10.6 Å². The molecule has 0 aliphatic heterocycles. The molecule has 1 N–H and O–H groups in total. The summed E-state index contributed by atoms with van der Waals surface area (Å²) < 4.78 is 5.49. The SMILES string of the molecule is C=C(C#N)C(O)c1ccc(-c2ccc(Cl)cc2)o1. The zero-order chi connectivity index (χ0) is 13.1. The highest BCUT2D eigenvalue weighted by atomic mass is 35.5. The van der Waals surface area contributed by atoms with Crippen LogP contribution in [0.5, 0.6) is 0 Å². The standard InChI is InChI=1S/C14H10ClNO2/c1-9(8-16)14(17)13-7-6-12(18-13)10-2-4-11(15)5-3-10/h2-7,14,17H,1H2. The molecule has 0 bridgehead atoms. The van der Waals surface area contributed by atoms with Gasteiger partial charge < -0.3 is 9.52 Å². The first-order chi connectivity index (χ1) is 8.61. The van der Waals surface area contributed by atoms with Crippen molar-refractivity contribution < 1.29 is 9.52 Å². The summed E-state index contributed by atoms with van der Waals surface area (Å²) in [5.41, 5.74) is 0.896. The Hall–Kier alpha value is -2.02. The van der Waals surface area contributed by atoms with Crippen molar-refractivity contribution in [3.8, 4) is 17.4 Å². The molecule has 0 saturated carbocycles. The van der Waals surface area contributed by atoms with E-state index in [-0.39, 0.29) is 5.57 Å². The van der Waals surface area contributed by atoms with Crippen LogP contribution in [0.4, 0.5) is 0 Å². The van der Waals surface area contributed by atoms with Gasteiger partial charge in [-0.05, 0) is 36.4 Å². The van der Waals surface area contributed by atoms with Crippen LogP contribution in [0.25, 0.3) is 11.3 Å². The molecule has 0 amide bonds. The van der Waals surface area contributed by atoms with Crippen LogP contribution in [0.2, 0.25) is 5.02 Å². The van der Waals surface area contributed by atoms with E-state index in [0.29, 0.717) is 16.5 Å². The molecule has 0 saturated heterocycles. The summed E-state index contributed by atoms with van der Waals surface area (Å²) in [6.07, 6.45) is -1.10. The molecule has 3 nitrogen and oxygen atoms in total. The predicted octanol–water partition coefficient (Wildman–Crippen LogP) is 3.71. The van der Waals surface area contributed by atoms with Crippen molar-refractivity contribution in [2.45, 2.75) is 6.10 Å². The first-order valence-corrected chi connectivity index (χ1v) is 5.62.